The highest BCUT2D eigenvalue weighted by Gasteiger charge is 2.32. The lowest BCUT2D eigenvalue weighted by molar-refractivity contribution is -0.245. The highest BCUT2D eigenvalue weighted by molar-refractivity contribution is 7.99. The number of carbonyl (C=O) groups is 3. The minimum absolute atomic E-state index is 0.0294. The van der Waals surface area contributed by atoms with E-state index in [0.717, 1.165) is 27.3 Å². The van der Waals surface area contributed by atoms with Gasteiger partial charge in [0, 0.05) is 53.8 Å². The Kier molecular flexibility index (Phi) is 12.2. The van der Waals surface area contributed by atoms with Gasteiger partial charge in [-0.2, -0.15) is 0 Å². The van der Waals surface area contributed by atoms with Gasteiger partial charge >= 0.3 is 5.97 Å². The lowest BCUT2D eigenvalue weighted by Crippen LogP contribution is -2.31. The molecule has 4 rings (SSSR count). The number of carbonyl (C=O) groups excluding carboxylic acids is 2. The predicted octanol–water partition coefficient (Wildman–Crippen LogP) is 6.45. The number of aliphatic hydroxyl groups is 1. The molecular weight excluding hydrogens is 568 g/mol. The number of benzene rings is 3. The van der Waals surface area contributed by atoms with Gasteiger partial charge in [0.15, 0.2) is 6.29 Å². The number of amides is 2. The first-order chi connectivity index (χ1) is 20.8. The van der Waals surface area contributed by atoms with E-state index in [0.29, 0.717) is 43.5 Å². The normalized spacial score (nSPS) is 18.1. The summed E-state index contributed by atoms with van der Waals surface area (Å²) in [6, 6.07) is 22.8. The van der Waals surface area contributed by atoms with Crippen LogP contribution in [0.25, 0.3) is 0 Å². The van der Waals surface area contributed by atoms with Gasteiger partial charge in [-0.05, 0) is 60.4 Å². The third-order valence-corrected chi connectivity index (χ3v) is 8.11. The molecule has 3 aromatic carbocycles. The molecule has 4 N–H and O–H groups in total. The zero-order valence-corrected chi connectivity index (χ0v) is 25.0. The number of anilines is 2. The second-order valence-electron chi connectivity index (χ2n) is 10.5. The van der Waals surface area contributed by atoms with Gasteiger partial charge in [-0.1, -0.05) is 42.8 Å². The fraction of sp³-hybridized carbons (Fsp3) is 0.364. The summed E-state index contributed by atoms with van der Waals surface area (Å²) in [5.41, 5.74) is 3.99. The molecule has 2 amide bonds. The van der Waals surface area contributed by atoms with Crippen LogP contribution in [0.3, 0.4) is 0 Å². The molecule has 228 valence electrons. The maximum atomic E-state index is 12.5. The number of aliphatic hydroxyl groups excluding tert-OH is 1. The van der Waals surface area contributed by atoms with Gasteiger partial charge in [0.1, 0.15) is 0 Å². The third kappa shape index (κ3) is 10.5. The molecule has 1 fully saturated rings. The van der Waals surface area contributed by atoms with Crippen molar-refractivity contribution in [3.8, 4) is 0 Å². The maximum Gasteiger partial charge on any atom is 0.303 e. The van der Waals surface area contributed by atoms with E-state index in [-0.39, 0.29) is 37.0 Å². The van der Waals surface area contributed by atoms with Gasteiger partial charge in [-0.3, -0.25) is 14.4 Å². The molecule has 0 spiro atoms. The minimum Gasteiger partial charge on any atom is -0.481 e. The van der Waals surface area contributed by atoms with Gasteiger partial charge < -0.3 is 30.3 Å². The number of nitrogens with one attached hydrogen (secondary N) is 2. The van der Waals surface area contributed by atoms with E-state index >= 15 is 0 Å². The summed E-state index contributed by atoms with van der Waals surface area (Å²) in [6.07, 6.45) is 1.91. The van der Waals surface area contributed by atoms with Crippen molar-refractivity contribution in [2.75, 3.05) is 16.4 Å². The average molecular weight is 607 g/mol. The standard InChI is InChI=1S/C33H38N2O7S/c1-22(37)34-26-14-16-29(17-15-26)43-21-28-19-30(24-12-10-23(20-36)11-13-24)42-33(41-28)25-6-5-7-27(18-25)35-31(38)8-3-2-4-9-32(39)40/h5-7,10-18,28,30,33,36H,2-4,8-9,19-21H2,1H3,(H,34,37)(H,35,38)(H,39,40). The fourth-order valence-electron chi connectivity index (χ4n) is 4.77. The van der Waals surface area contributed by atoms with Crippen molar-refractivity contribution in [2.45, 2.75) is 75.4 Å². The monoisotopic (exact) mass is 606 g/mol. The molecule has 1 aliphatic heterocycles. The summed E-state index contributed by atoms with van der Waals surface area (Å²) in [5.74, 6) is -0.380. The van der Waals surface area contributed by atoms with Crippen molar-refractivity contribution in [3.63, 3.8) is 0 Å². The fourth-order valence-corrected chi connectivity index (χ4v) is 5.70. The van der Waals surface area contributed by atoms with Crippen molar-refractivity contribution in [3.05, 3.63) is 89.5 Å². The zero-order chi connectivity index (χ0) is 30.6. The molecule has 0 radical (unpaired) electrons. The lowest BCUT2D eigenvalue weighted by Gasteiger charge is -2.36. The van der Waals surface area contributed by atoms with Gasteiger partial charge in [0.25, 0.3) is 0 Å². The Morgan fingerprint density at radius 3 is 2.30 bits per heavy atom. The van der Waals surface area contributed by atoms with Gasteiger partial charge in [0.2, 0.25) is 11.8 Å². The molecule has 0 aromatic heterocycles. The molecule has 43 heavy (non-hydrogen) atoms. The number of ether oxygens (including phenoxy) is 2. The van der Waals surface area contributed by atoms with Crippen LogP contribution in [0.15, 0.2) is 77.7 Å². The highest BCUT2D eigenvalue weighted by atomic mass is 32.2. The van der Waals surface area contributed by atoms with Crippen LogP contribution in [0.2, 0.25) is 0 Å². The number of hydrogen-bond donors (Lipinski definition) is 4. The van der Waals surface area contributed by atoms with E-state index in [9.17, 15) is 19.5 Å². The van der Waals surface area contributed by atoms with Crippen LogP contribution in [-0.4, -0.2) is 39.9 Å². The van der Waals surface area contributed by atoms with E-state index in [4.69, 9.17) is 14.6 Å². The molecule has 0 saturated carbocycles. The van der Waals surface area contributed by atoms with E-state index in [1.165, 1.54) is 6.92 Å². The summed E-state index contributed by atoms with van der Waals surface area (Å²) in [5, 5.41) is 23.9. The Morgan fingerprint density at radius 2 is 1.60 bits per heavy atom. The van der Waals surface area contributed by atoms with E-state index in [1.54, 1.807) is 11.8 Å². The molecule has 1 heterocycles. The molecule has 0 aliphatic carbocycles. The molecule has 0 bridgehead atoms. The number of rotatable bonds is 14. The SMILES string of the molecule is CC(=O)Nc1ccc(SCC2CC(c3ccc(CO)cc3)OC(c3cccc(NC(=O)CCCCCC(=O)O)c3)O2)cc1. The molecule has 1 saturated heterocycles. The molecule has 3 aromatic rings. The first-order valence-electron chi connectivity index (χ1n) is 14.4. The van der Waals surface area contributed by atoms with Gasteiger partial charge in [-0.15, -0.1) is 11.8 Å². The van der Waals surface area contributed by atoms with Crippen molar-refractivity contribution in [2.24, 2.45) is 0 Å². The summed E-state index contributed by atoms with van der Waals surface area (Å²) in [6.45, 7) is 1.45. The second-order valence-corrected chi connectivity index (χ2v) is 11.6. The van der Waals surface area contributed by atoms with Crippen LogP contribution in [-0.2, 0) is 30.5 Å². The van der Waals surface area contributed by atoms with E-state index < -0.39 is 12.3 Å². The molecule has 10 heteroatoms. The van der Waals surface area contributed by atoms with Crippen molar-refractivity contribution >= 4 is 40.9 Å². The average Bonchev–Trinajstić information content (AvgIpc) is 3.00. The maximum absolute atomic E-state index is 12.5. The summed E-state index contributed by atoms with van der Waals surface area (Å²) in [7, 11) is 0. The number of thioether (sulfide) groups is 1. The van der Waals surface area contributed by atoms with Crippen LogP contribution < -0.4 is 10.6 Å². The van der Waals surface area contributed by atoms with Crippen molar-refractivity contribution in [1.82, 2.24) is 0 Å². The number of unbranched alkanes of at least 4 members (excludes halogenated alkanes) is 2. The van der Waals surface area contributed by atoms with Crippen LogP contribution in [0, 0.1) is 0 Å². The second kappa shape index (κ2) is 16.2. The first kappa shape index (κ1) is 32.2. The van der Waals surface area contributed by atoms with Crippen molar-refractivity contribution in [1.29, 1.82) is 0 Å². The first-order valence-corrected chi connectivity index (χ1v) is 15.4. The predicted molar refractivity (Wildman–Crippen MR) is 166 cm³/mol. The largest absolute Gasteiger partial charge is 0.481 e. The number of carboxylic acid groups (broad SMARTS) is 1. The Morgan fingerprint density at radius 1 is 0.860 bits per heavy atom. The van der Waals surface area contributed by atoms with Crippen LogP contribution in [0.5, 0.6) is 0 Å². The zero-order valence-electron chi connectivity index (χ0n) is 24.2. The van der Waals surface area contributed by atoms with E-state index in [1.807, 2.05) is 72.8 Å². The summed E-state index contributed by atoms with van der Waals surface area (Å²) >= 11 is 1.66. The van der Waals surface area contributed by atoms with Crippen molar-refractivity contribution < 1.29 is 34.1 Å². The number of carboxylic acids is 1. The Labute approximate surface area is 256 Å². The van der Waals surface area contributed by atoms with E-state index in [2.05, 4.69) is 10.6 Å². The van der Waals surface area contributed by atoms with Crippen LogP contribution in [0.4, 0.5) is 11.4 Å². The smallest absolute Gasteiger partial charge is 0.303 e. The topological polar surface area (TPSA) is 134 Å². The summed E-state index contributed by atoms with van der Waals surface area (Å²) in [4.78, 5) is 35.5. The Hall–Kier alpha value is -3.70. The molecule has 3 unspecified atom stereocenters. The number of aliphatic carboxylic acids is 1. The highest BCUT2D eigenvalue weighted by Crippen LogP contribution is 2.40. The number of hydrogen-bond acceptors (Lipinski definition) is 7. The molecular formula is C33H38N2O7S. The van der Waals surface area contributed by atoms with Crippen LogP contribution >= 0.6 is 11.8 Å². The molecule has 9 nitrogen and oxygen atoms in total. The molecule has 3 atom stereocenters. The van der Waals surface area contributed by atoms with Gasteiger partial charge in [-0.25, -0.2) is 0 Å². The van der Waals surface area contributed by atoms with Gasteiger partial charge in [0.05, 0.1) is 18.8 Å². The minimum atomic E-state index is -0.823. The third-order valence-electron chi connectivity index (χ3n) is 6.96. The Balaban J connectivity index is 1.42. The Bertz CT molecular complexity index is 1360. The lowest BCUT2D eigenvalue weighted by atomic mass is 10.0. The molecule has 1 aliphatic rings. The quantitative estimate of drug-likeness (QED) is 0.122. The summed E-state index contributed by atoms with van der Waals surface area (Å²) < 4.78 is 12.9. The van der Waals surface area contributed by atoms with Crippen LogP contribution in [0.1, 0.15) is 74.5 Å².